The first-order chi connectivity index (χ1) is 12.2. The Bertz CT molecular complexity index is 579. The molecule has 0 unspecified atom stereocenters. The quantitative estimate of drug-likeness (QED) is 0.758. The van der Waals surface area contributed by atoms with Crippen LogP contribution in [0.2, 0.25) is 0 Å². The Morgan fingerprint density at radius 3 is 2.96 bits per heavy atom. The highest BCUT2D eigenvalue weighted by Gasteiger charge is 2.25. The molecular formula is C19H27N3O3. The summed E-state index contributed by atoms with van der Waals surface area (Å²) in [5, 5.41) is 0. The fourth-order valence-corrected chi connectivity index (χ4v) is 3.51. The molecule has 3 heterocycles. The number of aromatic nitrogens is 1. The van der Waals surface area contributed by atoms with Crippen LogP contribution in [-0.2, 0) is 20.9 Å². The molecule has 2 amide bonds. The Balaban J connectivity index is 1.38. The van der Waals surface area contributed by atoms with Crippen molar-refractivity contribution in [2.75, 3.05) is 26.2 Å². The van der Waals surface area contributed by atoms with Crippen molar-refractivity contribution in [3.8, 4) is 0 Å². The second kappa shape index (κ2) is 8.94. The van der Waals surface area contributed by atoms with Gasteiger partial charge in [-0.3, -0.25) is 14.6 Å². The van der Waals surface area contributed by atoms with Gasteiger partial charge in [0.15, 0.2) is 0 Å². The summed E-state index contributed by atoms with van der Waals surface area (Å²) >= 11 is 0. The highest BCUT2D eigenvalue weighted by atomic mass is 16.5. The number of hydrogen-bond donors (Lipinski definition) is 0. The lowest BCUT2D eigenvalue weighted by atomic mass is 10.1. The van der Waals surface area contributed by atoms with Crippen LogP contribution in [0.4, 0.5) is 0 Å². The van der Waals surface area contributed by atoms with Crippen molar-refractivity contribution in [3.05, 3.63) is 30.1 Å². The lowest BCUT2D eigenvalue weighted by Gasteiger charge is -2.33. The summed E-state index contributed by atoms with van der Waals surface area (Å²) in [4.78, 5) is 32.1. The van der Waals surface area contributed by atoms with Gasteiger partial charge >= 0.3 is 0 Å². The van der Waals surface area contributed by atoms with Gasteiger partial charge in [0.2, 0.25) is 11.8 Å². The van der Waals surface area contributed by atoms with Crippen molar-refractivity contribution >= 4 is 11.8 Å². The van der Waals surface area contributed by atoms with E-state index in [9.17, 15) is 9.59 Å². The third-order valence-electron chi connectivity index (χ3n) is 4.91. The molecule has 1 aromatic rings. The molecular weight excluding hydrogens is 318 g/mol. The molecule has 136 valence electrons. The smallest absolute Gasteiger partial charge is 0.222 e. The van der Waals surface area contributed by atoms with E-state index in [0.29, 0.717) is 32.5 Å². The molecule has 0 aliphatic carbocycles. The highest BCUT2D eigenvalue weighted by Crippen LogP contribution is 2.17. The van der Waals surface area contributed by atoms with Crippen molar-refractivity contribution in [2.24, 2.45) is 0 Å². The average molecular weight is 345 g/mol. The van der Waals surface area contributed by atoms with E-state index in [-0.39, 0.29) is 17.9 Å². The van der Waals surface area contributed by atoms with E-state index in [0.717, 1.165) is 44.5 Å². The summed E-state index contributed by atoms with van der Waals surface area (Å²) in [6.07, 6.45) is 6.68. The first-order valence-electron chi connectivity index (χ1n) is 9.29. The Hall–Kier alpha value is -1.95. The number of carbonyl (C=O) groups excluding carboxylic acids is 2. The molecule has 2 aliphatic heterocycles. The standard InChI is InChI=1S/C19H27N3O3/c23-18-8-4-11-21(18)12-5-9-19(24)22-13-3-7-17(14-22)25-15-16-6-1-2-10-20-16/h1-2,6,10,17H,3-5,7-9,11-15H2/t17-/m1/s1. The summed E-state index contributed by atoms with van der Waals surface area (Å²) in [5.74, 6) is 0.409. The number of pyridine rings is 1. The largest absolute Gasteiger partial charge is 0.370 e. The molecule has 0 spiro atoms. The topological polar surface area (TPSA) is 62.7 Å². The van der Waals surface area contributed by atoms with E-state index >= 15 is 0 Å². The highest BCUT2D eigenvalue weighted by molar-refractivity contribution is 5.78. The number of ether oxygens (including phenoxy) is 1. The molecule has 0 aromatic carbocycles. The Labute approximate surface area is 149 Å². The zero-order valence-corrected chi connectivity index (χ0v) is 14.7. The zero-order valence-electron chi connectivity index (χ0n) is 14.7. The zero-order chi connectivity index (χ0) is 17.5. The minimum Gasteiger partial charge on any atom is -0.370 e. The van der Waals surface area contributed by atoms with Crippen LogP contribution in [0.1, 0.15) is 44.2 Å². The van der Waals surface area contributed by atoms with Gasteiger partial charge in [0, 0.05) is 45.2 Å². The van der Waals surface area contributed by atoms with Gasteiger partial charge in [0.05, 0.1) is 18.4 Å². The van der Waals surface area contributed by atoms with E-state index in [1.54, 1.807) is 6.20 Å². The van der Waals surface area contributed by atoms with Crippen LogP contribution in [0.25, 0.3) is 0 Å². The van der Waals surface area contributed by atoms with Crippen molar-refractivity contribution in [1.29, 1.82) is 0 Å². The summed E-state index contributed by atoms with van der Waals surface area (Å²) < 4.78 is 5.94. The van der Waals surface area contributed by atoms with Crippen molar-refractivity contribution < 1.29 is 14.3 Å². The van der Waals surface area contributed by atoms with Crippen LogP contribution in [0.15, 0.2) is 24.4 Å². The average Bonchev–Trinajstić information content (AvgIpc) is 3.06. The summed E-state index contributed by atoms with van der Waals surface area (Å²) in [7, 11) is 0. The van der Waals surface area contributed by atoms with Crippen LogP contribution < -0.4 is 0 Å². The molecule has 0 radical (unpaired) electrons. The van der Waals surface area contributed by atoms with Crippen molar-refractivity contribution in [1.82, 2.24) is 14.8 Å². The third-order valence-corrected chi connectivity index (χ3v) is 4.91. The number of amides is 2. The second-order valence-electron chi connectivity index (χ2n) is 6.82. The minimum atomic E-state index is 0.0832. The number of piperidine rings is 1. The fourth-order valence-electron chi connectivity index (χ4n) is 3.51. The van der Waals surface area contributed by atoms with Crippen molar-refractivity contribution in [3.63, 3.8) is 0 Å². The fraction of sp³-hybridized carbons (Fsp3) is 0.632. The SMILES string of the molecule is O=C1CCCN1CCCC(=O)N1CCC[C@@H](OCc2ccccn2)C1. The number of hydrogen-bond acceptors (Lipinski definition) is 4. The van der Waals surface area contributed by atoms with Gasteiger partial charge in [-0.1, -0.05) is 6.07 Å². The van der Waals surface area contributed by atoms with Gasteiger partial charge in [-0.15, -0.1) is 0 Å². The van der Waals surface area contributed by atoms with Gasteiger partial charge in [0.1, 0.15) is 0 Å². The van der Waals surface area contributed by atoms with Crippen molar-refractivity contribution in [2.45, 2.75) is 51.2 Å². The van der Waals surface area contributed by atoms with Gasteiger partial charge in [-0.25, -0.2) is 0 Å². The third kappa shape index (κ3) is 5.26. The van der Waals surface area contributed by atoms with E-state index in [1.807, 2.05) is 28.0 Å². The molecule has 6 heteroatoms. The summed E-state index contributed by atoms with van der Waals surface area (Å²) in [5.41, 5.74) is 0.918. The van der Waals surface area contributed by atoms with Crippen LogP contribution in [0, 0.1) is 0 Å². The molecule has 1 aromatic heterocycles. The van der Waals surface area contributed by atoms with E-state index in [2.05, 4.69) is 4.98 Å². The molecule has 2 aliphatic rings. The lowest BCUT2D eigenvalue weighted by molar-refractivity contribution is -0.136. The van der Waals surface area contributed by atoms with E-state index < -0.39 is 0 Å². The van der Waals surface area contributed by atoms with Crippen LogP contribution in [0.3, 0.4) is 0 Å². The number of carbonyl (C=O) groups is 2. The molecule has 0 bridgehead atoms. The predicted octanol–water partition coefficient (Wildman–Crippen LogP) is 1.99. The molecule has 0 saturated carbocycles. The number of nitrogens with zero attached hydrogens (tertiary/aromatic N) is 3. The maximum atomic E-state index is 12.4. The molecule has 25 heavy (non-hydrogen) atoms. The van der Waals surface area contributed by atoms with Gasteiger partial charge < -0.3 is 14.5 Å². The normalized spacial score (nSPS) is 21.0. The first kappa shape index (κ1) is 17.9. The number of likely N-dealkylation sites (tertiary alicyclic amines) is 2. The maximum absolute atomic E-state index is 12.4. The van der Waals surface area contributed by atoms with Crippen LogP contribution in [-0.4, -0.2) is 58.9 Å². The second-order valence-corrected chi connectivity index (χ2v) is 6.82. The van der Waals surface area contributed by atoms with Crippen LogP contribution >= 0.6 is 0 Å². The Morgan fingerprint density at radius 1 is 1.28 bits per heavy atom. The van der Waals surface area contributed by atoms with E-state index in [1.165, 1.54) is 0 Å². The van der Waals surface area contributed by atoms with Gasteiger partial charge in [0.25, 0.3) is 0 Å². The first-order valence-corrected chi connectivity index (χ1v) is 9.29. The molecule has 0 N–H and O–H groups in total. The molecule has 1 atom stereocenters. The predicted molar refractivity (Wildman–Crippen MR) is 93.7 cm³/mol. The summed E-state index contributed by atoms with van der Waals surface area (Å²) in [6, 6.07) is 5.79. The van der Waals surface area contributed by atoms with E-state index in [4.69, 9.17) is 4.74 Å². The minimum absolute atomic E-state index is 0.0832. The molecule has 6 nitrogen and oxygen atoms in total. The van der Waals surface area contributed by atoms with Gasteiger partial charge in [-0.05, 0) is 37.8 Å². The lowest BCUT2D eigenvalue weighted by Crippen LogP contribution is -2.43. The van der Waals surface area contributed by atoms with Crippen LogP contribution in [0.5, 0.6) is 0 Å². The Morgan fingerprint density at radius 2 is 2.20 bits per heavy atom. The molecule has 2 fully saturated rings. The molecule has 2 saturated heterocycles. The Kier molecular flexibility index (Phi) is 6.39. The summed E-state index contributed by atoms with van der Waals surface area (Å²) in [6.45, 7) is 3.52. The number of rotatable bonds is 7. The van der Waals surface area contributed by atoms with Gasteiger partial charge in [-0.2, -0.15) is 0 Å². The maximum Gasteiger partial charge on any atom is 0.222 e. The monoisotopic (exact) mass is 345 g/mol. The molecule has 3 rings (SSSR count).